The van der Waals surface area contributed by atoms with Gasteiger partial charge in [-0.1, -0.05) is 66.7 Å². The zero-order valence-corrected chi connectivity index (χ0v) is 18.9. The molecule has 0 unspecified atom stereocenters. The summed E-state index contributed by atoms with van der Waals surface area (Å²) in [6.07, 6.45) is 1.86. The number of fused-ring (bicyclic) bond motifs is 2. The Morgan fingerprint density at radius 1 is 0.909 bits per heavy atom. The van der Waals surface area contributed by atoms with Crippen molar-refractivity contribution in [3.63, 3.8) is 0 Å². The number of amides is 1. The van der Waals surface area contributed by atoms with Crippen molar-refractivity contribution in [2.75, 3.05) is 11.9 Å². The van der Waals surface area contributed by atoms with Crippen molar-refractivity contribution in [2.24, 2.45) is 0 Å². The third kappa shape index (κ3) is 3.79. The molecule has 6 nitrogen and oxygen atoms in total. The van der Waals surface area contributed by atoms with E-state index in [0.29, 0.717) is 11.2 Å². The molecule has 0 radical (unpaired) electrons. The van der Waals surface area contributed by atoms with Crippen LogP contribution in [-0.4, -0.2) is 36.7 Å². The molecule has 1 aliphatic rings. The number of benzene rings is 3. The molecule has 0 spiro atoms. The maximum atomic E-state index is 14.1. The molecule has 0 N–H and O–H groups in total. The first-order chi connectivity index (χ1) is 16.0. The van der Waals surface area contributed by atoms with Crippen molar-refractivity contribution < 1.29 is 13.2 Å². The lowest BCUT2D eigenvalue weighted by atomic mass is 10.1. The number of anilines is 1. The Morgan fingerprint density at radius 2 is 1.64 bits per heavy atom. The number of likely N-dealkylation sites (N-methyl/N-ethyl adjacent to an activating group) is 1. The molecule has 3 aromatic carbocycles. The van der Waals surface area contributed by atoms with Crippen molar-refractivity contribution in [3.05, 3.63) is 102 Å². The summed E-state index contributed by atoms with van der Waals surface area (Å²) in [5.74, 6) is -0.263. The van der Waals surface area contributed by atoms with Gasteiger partial charge in [-0.2, -0.15) is 4.31 Å². The van der Waals surface area contributed by atoms with Crippen LogP contribution < -0.4 is 4.90 Å². The summed E-state index contributed by atoms with van der Waals surface area (Å²) < 4.78 is 29.6. The van der Waals surface area contributed by atoms with Crippen molar-refractivity contribution in [1.29, 1.82) is 0 Å². The summed E-state index contributed by atoms with van der Waals surface area (Å²) in [6.45, 7) is 0.0926. The lowest BCUT2D eigenvalue weighted by molar-refractivity contribution is -0.121. The van der Waals surface area contributed by atoms with Crippen LogP contribution in [0.3, 0.4) is 0 Å². The fourth-order valence-corrected chi connectivity index (χ4v) is 6.13. The van der Waals surface area contributed by atoms with Crippen LogP contribution >= 0.6 is 0 Å². The Morgan fingerprint density at radius 3 is 2.45 bits per heavy atom. The number of pyridine rings is 1. The van der Waals surface area contributed by atoms with E-state index >= 15 is 0 Å². The molecular weight excluding hydrogens is 434 g/mol. The van der Waals surface area contributed by atoms with E-state index in [9.17, 15) is 13.2 Å². The molecule has 0 saturated carbocycles. The highest BCUT2D eigenvalue weighted by atomic mass is 32.2. The van der Waals surface area contributed by atoms with Crippen LogP contribution in [0.15, 0.2) is 96.0 Å². The number of carbonyl (C=O) groups excluding carboxylic acids is 1. The predicted molar refractivity (Wildman–Crippen MR) is 128 cm³/mol. The Labute approximate surface area is 193 Å². The van der Waals surface area contributed by atoms with Crippen molar-refractivity contribution >= 4 is 32.5 Å². The molecule has 4 aromatic rings. The molecule has 1 aromatic heterocycles. The third-order valence-electron chi connectivity index (χ3n) is 6.10. The minimum absolute atomic E-state index is 0.0926. The van der Waals surface area contributed by atoms with Gasteiger partial charge in [0.25, 0.3) is 0 Å². The van der Waals surface area contributed by atoms with Crippen molar-refractivity contribution in [1.82, 2.24) is 9.29 Å². The Bertz CT molecular complexity index is 1430. The quantitative estimate of drug-likeness (QED) is 0.464. The van der Waals surface area contributed by atoms with Gasteiger partial charge in [0.15, 0.2) is 0 Å². The van der Waals surface area contributed by atoms with Gasteiger partial charge in [0.2, 0.25) is 15.9 Å². The molecular formula is C26H23N3O3S. The topological polar surface area (TPSA) is 70.6 Å². The van der Waals surface area contributed by atoms with Crippen LogP contribution in [0.5, 0.6) is 0 Å². The van der Waals surface area contributed by atoms with Crippen LogP contribution in [0, 0.1) is 0 Å². The van der Waals surface area contributed by atoms with Gasteiger partial charge >= 0.3 is 0 Å². The van der Waals surface area contributed by atoms with Gasteiger partial charge in [0.1, 0.15) is 10.9 Å². The lowest BCUT2D eigenvalue weighted by Crippen LogP contribution is -2.49. The molecule has 5 rings (SSSR count). The van der Waals surface area contributed by atoms with Crippen LogP contribution in [0.25, 0.3) is 10.9 Å². The van der Waals surface area contributed by atoms with E-state index in [-0.39, 0.29) is 23.8 Å². The standard InChI is InChI=1S/C26H23N3O3S/c1-28-22-14-6-5-11-21(22)18-29(23(26(28)30)17-19-9-3-2-4-10-19)33(31,32)24-15-7-12-20-13-8-16-27-25(20)24/h2-16,23H,17-18H2,1H3/t23-/m0/s1. The summed E-state index contributed by atoms with van der Waals surface area (Å²) in [7, 11) is -2.35. The molecule has 0 bridgehead atoms. The molecule has 7 heteroatoms. The second kappa shape index (κ2) is 8.42. The number of rotatable bonds is 4. The van der Waals surface area contributed by atoms with Crippen LogP contribution in [0.4, 0.5) is 5.69 Å². The summed E-state index contributed by atoms with van der Waals surface area (Å²) >= 11 is 0. The first kappa shape index (κ1) is 21.3. The molecule has 1 aliphatic heterocycles. The van der Waals surface area contributed by atoms with Gasteiger partial charge in [-0.3, -0.25) is 9.78 Å². The Hall–Kier alpha value is -3.55. The molecule has 1 amide bonds. The number of nitrogens with zero attached hydrogens (tertiary/aromatic N) is 3. The highest BCUT2D eigenvalue weighted by molar-refractivity contribution is 7.89. The third-order valence-corrected chi connectivity index (χ3v) is 7.98. The van der Waals surface area contributed by atoms with Crippen LogP contribution in [-0.2, 0) is 27.8 Å². The van der Waals surface area contributed by atoms with E-state index < -0.39 is 16.1 Å². The van der Waals surface area contributed by atoms with Gasteiger partial charge in [-0.25, -0.2) is 8.42 Å². The van der Waals surface area contributed by atoms with E-state index in [1.807, 2.05) is 66.7 Å². The molecule has 33 heavy (non-hydrogen) atoms. The molecule has 2 heterocycles. The van der Waals surface area contributed by atoms with Gasteiger partial charge in [-0.05, 0) is 35.7 Å². The second-order valence-electron chi connectivity index (χ2n) is 8.11. The molecule has 0 saturated heterocycles. The molecule has 1 atom stereocenters. The zero-order valence-electron chi connectivity index (χ0n) is 18.1. The number of aromatic nitrogens is 1. The average molecular weight is 458 g/mol. The van der Waals surface area contributed by atoms with E-state index in [0.717, 1.165) is 16.5 Å². The fraction of sp³-hybridized carbons (Fsp3) is 0.154. The highest BCUT2D eigenvalue weighted by Crippen LogP contribution is 2.33. The molecule has 166 valence electrons. The summed E-state index contributed by atoms with van der Waals surface area (Å²) in [6, 6.07) is 24.8. The Balaban J connectivity index is 1.69. The van der Waals surface area contributed by atoms with E-state index in [1.165, 1.54) is 4.31 Å². The highest BCUT2D eigenvalue weighted by Gasteiger charge is 2.41. The minimum atomic E-state index is -4.06. The first-order valence-electron chi connectivity index (χ1n) is 10.7. The molecule has 0 aliphatic carbocycles. The average Bonchev–Trinajstić information content (AvgIpc) is 2.95. The maximum absolute atomic E-state index is 14.1. The zero-order chi connectivity index (χ0) is 23.0. The monoisotopic (exact) mass is 457 g/mol. The minimum Gasteiger partial charge on any atom is -0.314 e. The predicted octanol–water partition coefficient (Wildman–Crippen LogP) is 4.01. The van der Waals surface area contributed by atoms with Gasteiger partial charge in [0.05, 0.1) is 5.52 Å². The van der Waals surface area contributed by atoms with Crippen LogP contribution in [0.1, 0.15) is 11.1 Å². The lowest BCUT2D eigenvalue weighted by Gasteiger charge is -2.29. The number of para-hydroxylation sites is 2. The molecule has 0 fully saturated rings. The van der Waals surface area contributed by atoms with Crippen molar-refractivity contribution in [3.8, 4) is 0 Å². The smallest absolute Gasteiger partial charge is 0.246 e. The number of carbonyl (C=O) groups is 1. The normalized spacial score (nSPS) is 17.1. The van der Waals surface area contributed by atoms with E-state index in [2.05, 4.69) is 4.98 Å². The number of sulfonamides is 1. The largest absolute Gasteiger partial charge is 0.314 e. The van der Waals surface area contributed by atoms with Gasteiger partial charge in [-0.15, -0.1) is 0 Å². The summed E-state index contributed by atoms with van der Waals surface area (Å²) in [5.41, 5.74) is 2.79. The van der Waals surface area contributed by atoms with Gasteiger partial charge < -0.3 is 4.90 Å². The summed E-state index contributed by atoms with van der Waals surface area (Å²) in [4.78, 5) is 19.7. The van der Waals surface area contributed by atoms with E-state index in [4.69, 9.17) is 0 Å². The SMILES string of the molecule is CN1C(=O)[C@H](Cc2ccccc2)N(S(=O)(=O)c2cccc3cccnc23)Cc2ccccc21. The number of hydrogen-bond acceptors (Lipinski definition) is 4. The van der Waals surface area contributed by atoms with Crippen LogP contribution in [0.2, 0.25) is 0 Å². The first-order valence-corrected chi connectivity index (χ1v) is 12.2. The number of hydrogen-bond donors (Lipinski definition) is 0. The maximum Gasteiger partial charge on any atom is 0.246 e. The van der Waals surface area contributed by atoms with Gasteiger partial charge in [0, 0.05) is 30.9 Å². The van der Waals surface area contributed by atoms with E-state index in [1.54, 1.807) is 36.3 Å². The second-order valence-corrected chi connectivity index (χ2v) is 9.97. The fourth-order valence-electron chi connectivity index (χ4n) is 4.40. The van der Waals surface area contributed by atoms with Crippen molar-refractivity contribution in [2.45, 2.75) is 23.9 Å². The Kier molecular flexibility index (Phi) is 5.44. The summed E-state index contributed by atoms with van der Waals surface area (Å²) in [5, 5.41) is 0.733.